The summed E-state index contributed by atoms with van der Waals surface area (Å²) in [6, 6.07) is 17.0. The summed E-state index contributed by atoms with van der Waals surface area (Å²) >= 11 is 6.39. The number of carbonyl (C=O) groups is 2. The molecule has 4 aliphatic rings. The van der Waals surface area contributed by atoms with Gasteiger partial charge in [-0.15, -0.1) is 0 Å². The zero-order valence-electron chi connectivity index (χ0n) is 31.0. The second kappa shape index (κ2) is 16.7. The van der Waals surface area contributed by atoms with Gasteiger partial charge in [-0.05, 0) is 124 Å². The molecule has 0 aromatic heterocycles. The van der Waals surface area contributed by atoms with Crippen molar-refractivity contribution < 1.29 is 33.7 Å². The van der Waals surface area contributed by atoms with Crippen molar-refractivity contribution in [2.24, 2.45) is 5.41 Å². The Morgan fingerprint density at radius 3 is 2.60 bits per heavy atom. The van der Waals surface area contributed by atoms with Gasteiger partial charge >= 0.3 is 6.03 Å². The molecule has 10 heteroatoms. The van der Waals surface area contributed by atoms with Crippen LogP contribution in [0.1, 0.15) is 98.2 Å². The number of hydrogen-bond acceptors (Lipinski definition) is 6. The van der Waals surface area contributed by atoms with E-state index in [-0.39, 0.29) is 47.4 Å². The van der Waals surface area contributed by atoms with Crippen LogP contribution in [-0.2, 0) is 17.6 Å². The van der Waals surface area contributed by atoms with Gasteiger partial charge in [0.1, 0.15) is 11.6 Å². The Morgan fingerprint density at radius 1 is 1.09 bits per heavy atom. The number of aliphatic hydroxyl groups is 2. The lowest BCUT2D eigenvalue weighted by atomic mass is 9.64. The highest BCUT2D eigenvalue weighted by atomic mass is 35.5. The lowest BCUT2D eigenvalue weighted by Crippen LogP contribution is -2.55. The number of halogens is 2. The van der Waals surface area contributed by atoms with Gasteiger partial charge in [-0.3, -0.25) is 4.79 Å². The number of anilines is 1. The Bertz CT molecular complexity index is 1790. The number of allylic oxidation sites excluding steroid dienone is 2. The lowest BCUT2D eigenvalue weighted by Gasteiger charge is -2.46. The maximum Gasteiger partial charge on any atom is 0.322 e. The molecule has 3 aliphatic carbocycles. The van der Waals surface area contributed by atoms with E-state index < -0.39 is 22.9 Å². The fourth-order valence-corrected chi connectivity index (χ4v) is 8.87. The number of ketones is 1. The highest BCUT2D eigenvalue weighted by Crippen LogP contribution is 2.59. The van der Waals surface area contributed by atoms with Gasteiger partial charge in [-0.25, -0.2) is 9.18 Å². The van der Waals surface area contributed by atoms with Crippen molar-refractivity contribution in [3.05, 3.63) is 105 Å². The topological polar surface area (TPSA) is 108 Å². The molecule has 2 bridgehead atoms. The number of nitrogens with zero attached hydrogens (tertiary/aromatic N) is 1. The summed E-state index contributed by atoms with van der Waals surface area (Å²) in [6.07, 6.45) is 6.90. The lowest BCUT2D eigenvalue weighted by molar-refractivity contribution is -0.0800. The van der Waals surface area contributed by atoms with Gasteiger partial charge in [0.05, 0.1) is 31.5 Å². The summed E-state index contributed by atoms with van der Waals surface area (Å²) in [7, 11) is 1.59. The molecule has 3 aromatic carbocycles. The molecule has 5 atom stereocenters. The minimum atomic E-state index is -1.32. The van der Waals surface area contributed by atoms with Crippen LogP contribution in [0.3, 0.4) is 0 Å². The summed E-state index contributed by atoms with van der Waals surface area (Å²) in [5, 5.41) is 27.1. The van der Waals surface area contributed by atoms with Gasteiger partial charge in [0, 0.05) is 46.8 Å². The molecular weight excluding hydrogens is 695 g/mol. The molecule has 53 heavy (non-hydrogen) atoms. The summed E-state index contributed by atoms with van der Waals surface area (Å²) in [5.41, 5.74) is 1.88. The number of nitrogens with one attached hydrogen (secondary N) is 1. The SMILES string of the molecule is COc1ccc(NC(=O)N(CC2CCCO2)CC2(O)CCC3c4ccc(cc4C(=O)Cc4c(F)cccc4Cl)CC(O)CCC(C)=CCCC32C)cc1. The molecule has 3 aromatic rings. The van der Waals surface area contributed by atoms with Gasteiger partial charge in [-0.1, -0.05) is 48.4 Å². The van der Waals surface area contributed by atoms with Crippen LogP contribution >= 0.6 is 11.6 Å². The minimum absolute atomic E-state index is 0.0724. The zero-order valence-corrected chi connectivity index (χ0v) is 31.8. The molecule has 284 valence electrons. The first-order chi connectivity index (χ1) is 25.4. The van der Waals surface area contributed by atoms with E-state index >= 15 is 0 Å². The standard InChI is InChI=1S/C43H52ClFN2O6/c1-28-7-5-20-42(2)37(34-18-12-29(23-31(48)15-11-28)24-35(34)40(49)25-36-38(44)9-4-10-39(36)45)19-21-43(42,51)27-47(26-33-8-6-22-53-33)41(50)46-30-13-16-32(52-3)17-14-30/h4,7,9-10,12-14,16-18,24,31,33,37,48,51H,5-6,8,11,15,19-23,25-27H2,1-3H3,(H,46,50). The number of ether oxygens (including phenoxy) is 2. The van der Waals surface area contributed by atoms with Crippen molar-refractivity contribution in [1.82, 2.24) is 4.90 Å². The van der Waals surface area contributed by atoms with Crippen LogP contribution in [-0.4, -0.2) is 71.5 Å². The monoisotopic (exact) mass is 746 g/mol. The number of amides is 2. The Labute approximate surface area is 317 Å². The second-order valence-corrected chi connectivity index (χ2v) is 15.8. The number of benzene rings is 3. The third-order valence-electron chi connectivity index (χ3n) is 11.9. The molecule has 1 aliphatic heterocycles. The maximum atomic E-state index is 15.0. The van der Waals surface area contributed by atoms with E-state index in [1.54, 1.807) is 42.3 Å². The van der Waals surface area contributed by atoms with Gasteiger partial charge in [0.15, 0.2) is 5.78 Å². The average molecular weight is 747 g/mol. The molecule has 1 saturated heterocycles. The fourth-order valence-electron chi connectivity index (χ4n) is 8.64. The van der Waals surface area contributed by atoms with Crippen LogP contribution in [0.5, 0.6) is 5.75 Å². The second-order valence-electron chi connectivity index (χ2n) is 15.4. The van der Waals surface area contributed by atoms with Crippen molar-refractivity contribution in [3.63, 3.8) is 0 Å². The summed E-state index contributed by atoms with van der Waals surface area (Å²) in [4.78, 5) is 30.0. The first kappa shape index (κ1) is 38.9. The normalized spacial score (nSPS) is 26.0. The van der Waals surface area contributed by atoms with E-state index in [0.717, 1.165) is 30.4 Å². The summed E-state index contributed by atoms with van der Waals surface area (Å²) in [5.74, 6) is -0.395. The van der Waals surface area contributed by atoms with Crippen molar-refractivity contribution >= 4 is 29.1 Å². The number of Topliss-reactive ketones (excluding diaryl/α,β-unsaturated/α-hetero) is 1. The third-order valence-corrected chi connectivity index (χ3v) is 12.3. The van der Waals surface area contributed by atoms with Crippen LogP contribution in [0.15, 0.2) is 72.3 Å². The largest absolute Gasteiger partial charge is 0.497 e. The van der Waals surface area contributed by atoms with Crippen LogP contribution in [0.2, 0.25) is 5.02 Å². The van der Waals surface area contributed by atoms with Crippen molar-refractivity contribution in [3.8, 4) is 5.75 Å². The van der Waals surface area contributed by atoms with Gasteiger partial charge < -0.3 is 29.9 Å². The number of hydrogen-bond donors (Lipinski definition) is 3. The first-order valence-electron chi connectivity index (χ1n) is 18.9. The quantitative estimate of drug-likeness (QED) is 0.150. The van der Waals surface area contributed by atoms with Crippen LogP contribution < -0.4 is 10.1 Å². The molecular formula is C43H52ClFN2O6. The molecule has 0 radical (unpaired) electrons. The van der Waals surface area contributed by atoms with Gasteiger partial charge in [0.25, 0.3) is 0 Å². The highest BCUT2D eigenvalue weighted by Gasteiger charge is 2.57. The fraction of sp³-hybridized carbons (Fsp3) is 0.488. The molecule has 8 nitrogen and oxygen atoms in total. The van der Waals surface area contributed by atoms with E-state index in [2.05, 4.69) is 25.2 Å². The number of rotatable bonds is 9. The number of aliphatic hydroxyl groups excluding tert-OH is 1. The molecule has 7 rings (SSSR count). The van der Waals surface area contributed by atoms with Crippen LogP contribution in [0, 0.1) is 11.2 Å². The maximum absolute atomic E-state index is 15.0. The van der Waals surface area contributed by atoms with Crippen LogP contribution in [0.4, 0.5) is 14.9 Å². The third kappa shape index (κ3) is 8.80. The zero-order chi connectivity index (χ0) is 37.8. The van der Waals surface area contributed by atoms with Crippen molar-refractivity contribution in [2.45, 2.75) is 102 Å². The van der Waals surface area contributed by atoms with Gasteiger partial charge in [0.2, 0.25) is 0 Å². The Morgan fingerprint density at radius 2 is 1.89 bits per heavy atom. The number of urea groups is 1. The predicted molar refractivity (Wildman–Crippen MR) is 205 cm³/mol. The Hall–Kier alpha value is -3.76. The van der Waals surface area contributed by atoms with E-state index in [4.69, 9.17) is 21.1 Å². The number of fused-ring (bicyclic) bond motifs is 8. The molecule has 3 N–H and O–H groups in total. The van der Waals surface area contributed by atoms with Gasteiger partial charge in [-0.2, -0.15) is 0 Å². The smallest absolute Gasteiger partial charge is 0.322 e. The molecule has 1 heterocycles. The number of carbonyl (C=O) groups excluding carboxylic acids is 2. The molecule has 1 saturated carbocycles. The Kier molecular flexibility index (Phi) is 12.3. The molecule has 2 amide bonds. The summed E-state index contributed by atoms with van der Waals surface area (Å²) in [6.45, 7) is 5.20. The van der Waals surface area contributed by atoms with E-state index in [1.807, 2.05) is 18.2 Å². The predicted octanol–water partition coefficient (Wildman–Crippen LogP) is 8.66. The first-order valence-corrected chi connectivity index (χ1v) is 19.2. The van der Waals surface area contributed by atoms with Crippen LogP contribution in [0.25, 0.3) is 0 Å². The van der Waals surface area contributed by atoms with Crippen molar-refractivity contribution in [2.75, 3.05) is 32.1 Å². The van der Waals surface area contributed by atoms with Crippen molar-refractivity contribution in [1.29, 1.82) is 0 Å². The average Bonchev–Trinajstić information content (AvgIpc) is 3.74. The molecule has 5 unspecified atom stereocenters. The number of methoxy groups -OCH3 is 1. The van der Waals surface area contributed by atoms with E-state index in [0.29, 0.717) is 68.7 Å². The minimum Gasteiger partial charge on any atom is -0.497 e. The Balaban J connectivity index is 1.38. The van der Waals surface area contributed by atoms with E-state index in [1.165, 1.54) is 17.7 Å². The highest BCUT2D eigenvalue weighted by molar-refractivity contribution is 6.31. The molecule has 2 fully saturated rings. The van der Waals surface area contributed by atoms with E-state index in [9.17, 15) is 24.2 Å². The molecule has 0 spiro atoms. The summed E-state index contributed by atoms with van der Waals surface area (Å²) < 4.78 is 26.2.